The van der Waals surface area contributed by atoms with Gasteiger partial charge in [0.1, 0.15) is 11.8 Å². The fourth-order valence-electron chi connectivity index (χ4n) is 3.14. The molecule has 7 heteroatoms. The van der Waals surface area contributed by atoms with E-state index in [1.165, 1.54) is 6.39 Å². The van der Waals surface area contributed by atoms with Gasteiger partial charge < -0.3 is 9.32 Å². The fourth-order valence-corrected chi connectivity index (χ4v) is 5.08. The van der Waals surface area contributed by atoms with Gasteiger partial charge in [-0.1, -0.05) is 6.07 Å². The van der Waals surface area contributed by atoms with Gasteiger partial charge in [0.15, 0.2) is 6.39 Å². The summed E-state index contributed by atoms with van der Waals surface area (Å²) in [7, 11) is 0.641. The van der Waals surface area contributed by atoms with E-state index in [9.17, 15) is 8.42 Å². The Morgan fingerprint density at radius 2 is 2.09 bits per heavy atom. The molecule has 0 N–H and O–H groups in total. The first-order valence-corrected chi connectivity index (χ1v) is 9.18. The maximum atomic E-state index is 12.8. The van der Waals surface area contributed by atoms with Crippen LogP contribution in [0, 0.1) is 0 Å². The molecule has 2 aliphatic rings. The monoisotopic (exact) mass is 333 g/mol. The Kier molecular flexibility index (Phi) is 3.24. The van der Waals surface area contributed by atoms with Crippen molar-refractivity contribution in [3.8, 4) is 0 Å². The minimum absolute atomic E-state index is 0.240. The third-order valence-corrected chi connectivity index (χ3v) is 6.85. The van der Waals surface area contributed by atoms with Crippen LogP contribution in [0.1, 0.15) is 35.8 Å². The Labute approximate surface area is 135 Å². The summed E-state index contributed by atoms with van der Waals surface area (Å²) in [5.41, 5.74) is 3.07. The Hall–Kier alpha value is -1.86. The quantitative estimate of drug-likeness (QED) is 0.857. The topological polar surface area (TPSA) is 66.7 Å². The average Bonchev–Trinajstić information content (AvgIpc) is 3.11. The second-order valence-electron chi connectivity index (χ2n) is 6.37. The fraction of sp³-hybridized carbons (Fsp3) is 0.438. The highest BCUT2D eigenvalue weighted by Crippen LogP contribution is 2.45. The highest BCUT2D eigenvalue weighted by atomic mass is 32.2. The zero-order valence-corrected chi connectivity index (χ0v) is 14.0. The average molecular weight is 333 g/mol. The molecule has 1 aliphatic carbocycles. The molecule has 1 aromatic heterocycles. The third kappa shape index (κ3) is 2.35. The Morgan fingerprint density at radius 3 is 2.70 bits per heavy atom. The molecule has 1 fully saturated rings. The van der Waals surface area contributed by atoms with Crippen molar-refractivity contribution in [2.45, 2.75) is 30.7 Å². The van der Waals surface area contributed by atoms with Crippen LogP contribution in [-0.4, -0.2) is 37.1 Å². The summed E-state index contributed by atoms with van der Waals surface area (Å²) in [4.78, 5) is 5.98. The summed E-state index contributed by atoms with van der Waals surface area (Å²) in [6.07, 6.45) is 4.46. The van der Waals surface area contributed by atoms with Crippen molar-refractivity contribution < 1.29 is 12.8 Å². The molecule has 23 heavy (non-hydrogen) atoms. The zero-order chi connectivity index (χ0) is 16.2. The molecular weight excluding hydrogens is 314 g/mol. The molecule has 1 aromatic carbocycles. The van der Waals surface area contributed by atoms with Crippen LogP contribution in [0.25, 0.3) is 0 Å². The van der Waals surface area contributed by atoms with E-state index >= 15 is 0 Å². The van der Waals surface area contributed by atoms with Crippen molar-refractivity contribution in [3.05, 3.63) is 47.7 Å². The number of fused-ring (bicyclic) bond motifs is 1. The van der Waals surface area contributed by atoms with E-state index in [4.69, 9.17) is 4.42 Å². The van der Waals surface area contributed by atoms with Crippen molar-refractivity contribution in [1.29, 1.82) is 0 Å². The SMILES string of the molecule is CN(C)c1ccc2c(c1)CN(S(=O)(=O)C1CC1)C2c1cnco1. The van der Waals surface area contributed by atoms with E-state index in [0.29, 0.717) is 12.3 Å². The molecule has 6 nitrogen and oxygen atoms in total. The second-order valence-corrected chi connectivity index (χ2v) is 8.54. The van der Waals surface area contributed by atoms with Gasteiger partial charge in [-0.2, -0.15) is 4.31 Å². The van der Waals surface area contributed by atoms with Crippen molar-refractivity contribution in [3.63, 3.8) is 0 Å². The predicted octanol–water partition coefficient (Wildman–Crippen LogP) is 2.14. The van der Waals surface area contributed by atoms with Crippen LogP contribution in [0.5, 0.6) is 0 Å². The summed E-state index contributed by atoms with van der Waals surface area (Å²) in [6, 6.07) is 5.66. The molecule has 0 spiro atoms. The molecule has 0 radical (unpaired) electrons. The van der Waals surface area contributed by atoms with Gasteiger partial charge in [-0.15, -0.1) is 0 Å². The number of oxazole rings is 1. The maximum absolute atomic E-state index is 12.8. The third-order valence-electron chi connectivity index (χ3n) is 4.55. The number of hydrogen-bond donors (Lipinski definition) is 0. The number of hydrogen-bond acceptors (Lipinski definition) is 5. The second kappa shape index (κ2) is 5.07. The normalized spacial score (nSPS) is 21.4. The molecule has 4 rings (SSSR count). The Morgan fingerprint density at radius 1 is 1.30 bits per heavy atom. The Balaban J connectivity index is 1.82. The van der Waals surface area contributed by atoms with E-state index in [0.717, 1.165) is 29.7 Å². The van der Waals surface area contributed by atoms with Crippen molar-refractivity contribution >= 4 is 15.7 Å². The van der Waals surface area contributed by atoms with Crippen molar-refractivity contribution in [2.24, 2.45) is 0 Å². The number of anilines is 1. The van der Waals surface area contributed by atoms with Crippen LogP contribution >= 0.6 is 0 Å². The van der Waals surface area contributed by atoms with E-state index < -0.39 is 16.1 Å². The minimum atomic E-state index is -3.31. The molecule has 0 amide bonds. The van der Waals surface area contributed by atoms with Gasteiger partial charge in [0.25, 0.3) is 0 Å². The van der Waals surface area contributed by atoms with E-state index in [2.05, 4.69) is 11.1 Å². The van der Waals surface area contributed by atoms with Gasteiger partial charge in [-0.05, 0) is 36.1 Å². The maximum Gasteiger partial charge on any atom is 0.218 e. The summed E-state index contributed by atoms with van der Waals surface area (Å²) in [5, 5.41) is -0.240. The molecular formula is C16H19N3O3S. The van der Waals surface area contributed by atoms with Gasteiger partial charge >= 0.3 is 0 Å². The van der Waals surface area contributed by atoms with Gasteiger partial charge in [0.2, 0.25) is 10.0 Å². The largest absolute Gasteiger partial charge is 0.446 e. The van der Waals surface area contributed by atoms with Crippen LogP contribution < -0.4 is 4.90 Å². The molecule has 2 heterocycles. The molecule has 0 saturated heterocycles. The molecule has 2 aromatic rings. The number of rotatable bonds is 4. The highest BCUT2D eigenvalue weighted by Gasteiger charge is 2.47. The first kappa shape index (κ1) is 14.7. The highest BCUT2D eigenvalue weighted by molar-refractivity contribution is 7.90. The summed E-state index contributed by atoms with van der Waals surface area (Å²) in [5.74, 6) is 0.575. The van der Waals surface area contributed by atoms with Gasteiger partial charge in [0, 0.05) is 26.3 Å². The van der Waals surface area contributed by atoms with E-state index in [1.807, 2.05) is 31.1 Å². The van der Waals surface area contributed by atoms with E-state index in [-0.39, 0.29) is 5.25 Å². The number of benzene rings is 1. The molecule has 1 unspecified atom stereocenters. The molecule has 1 aliphatic heterocycles. The lowest BCUT2D eigenvalue weighted by Crippen LogP contribution is -2.32. The van der Waals surface area contributed by atoms with Crippen molar-refractivity contribution in [1.82, 2.24) is 9.29 Å². The zero-order valence-electron chi connectivity index (χ0n) is 13.1. The lowest BCUT2D eigenvalue weighted by atomic mass is 10.0. The van der Waals surface area contributed by atoms with Crippen LogP contribution in [0.2, 0.25) is 0 Å². The van der Waals surface area contributed by atoms with Crippen molar-refractivity contribution in [2.75, 3.05) is 19.0 Å². The van der Waals surface area contributed by atoms with Crippen LogP contribution in [-0.2, 0) is 16.6 Å². The molecule has 1 atom stereocenters. The van der Waals surface area contributed by atoms with Gasteiger partial charge in [-0.3, -0.25) is 0 Å². The van der Waals surface area contributed by atoms with Crippen LogP contribution in [0.3, 0.4) is 0 Å². The molecule has 0 bridgehead atoms. The van der Waals surface area contributed by atoms with Gasteiger partial charge in [0.05, 0.1) is 11.4 Å². The Bertz CT molecular complexity index is 826. The standard InChI is InChI=1S/C16H19N3O3S/c1-18(2)12-3-6-14-11(7-12)9-19(23(20,21)13-4-5-13)16(14)15-8-17-10-22-15/h3,6-8,10,13,16H,4-5,9H2,1-2H3. The smallest absolute Gasteiger partial charge is 0.218 e. The summed E-state index contributed by atoms with van der Waals surface area (Å²) in [6.45, 7) is 0.390. The number of aromatic nitrogens is 1. The summed E-state index contributed by atoms with van der Waals surface area (Å²) >= 11 is 0. The number of sulfonamides is 1. The van der Waals surface area contributed by atoms with Gasteiger partial charge in [-0.25, -0.2) is 13.4 Å². The molecule has 1 saturated carbocycles. The summed E-state index contributed by atoms with van der Waals surface area (Å²) < 4.78 is 32.7. The predicted molar refractivity (Wildman–Crippen MR) is 86.6 cm³/mol. The lowest BCUT2D eigenvalue weighted by Gasteiger charge is -2.22. The van der Waals surface area contributed by atoms with Crippen LogP contribution in [0.4, 0.5) is 5.69 Å². The van der Waals surface area contributed by atoms with Crippen LogP contribution in [0.15, 0.2) is 35.2 Å². The molecule has 122 valence electrons. The van der Waals surface area contributed by atoms with E-state index in [1.54, 1.807) is 10.5 Å². The lowest BCUT2D eigenvalue weighted by molar-refractivity contribution is 0.338. The number of nitrogens with zero attached hydrogens (tertiary/aromatic N) is 3. The minimum Gasteiger partial charge on any atom is -0.446 e. The first-order valence-electron chi connectivity index (χ1n) is 7.67. The first-order chi connectivity index (χ1) is 11.0.